The molecule has 22 heavy (non-hydrogen) atoms. The summed E-state index contributed by atoms with van der Waals surface area (Å²) in [4.78, 5) is 10.8. The molecule has 3 N–H and O–H groups in total. The van der Waals surface area contributed by atoms with Crippen molar-refractivity contribution >= 4 is 41.6 Å². The Labute approximate surface area is 154 Å². The van der Waals surface area contributed by atoms with Crippen LogP contribution in [0.1, 0.15) is 6.92 Å². The SMILES string of the molecule is CC(=O)Nc1ccc(S(=O)(=O)NCCSS(=O)(=O)O)cc1.[Na+]. The molecule has 1 rings (SSSR count). The van der Waals surface area contributed by atoms with Crippen LogP contribution < -0.4 is 39.6 Å². The topological polar surface area (TPSA) is 130 Å². The zero-order valence-corrected chi connectivity index (χ0v) is 16.4. The fourth-order valence-electron chi connectivity index (χ4n) is 1.33. The summed E-state index contributed by atoms with van der Waals surface area (Å²) in [5, 5.41) is 2.50. The van der Waals surface area contributed by atoms with Crippen molar-refractivity contribution in [3.05, 3.63) is 24.3 Å². The van der Waals surface area contributed by atoms with Gasteiger partial charge in [0, 0.05) is 24.9 Å². The number of benzene rings is 1. The van der Waals surface area contributed by atoms with E-state index in [0.29, 0.717) is 5.69 Å². The van der Waals surface area contributed by atoms with Gasteiger partial charge in [-0.3, -0.25) is 9.35 Å². The quantitative estimate of drug-likeness (QED) is 0.207. The number of nitrogens with one attached hydrogen (secondary N) is 2. The van der Waals surface area contributed by atoms with Gasteiger partial charge in [0.2, 0.25) is 15.9 Å². The van der Waals surface area contributed by atoms with Crippen molar-refractivity contribution in [2.75, 3.05) is 17.6 Å². The molecule has 0 saturated heterocycles. The monoisotopic (exact) mass is 377 g/mol. The van der Waals surface area contributed by atoms with Gasteiger partial charge in [-0.15, -0.1) is 0 Å². The molecule has 0 aliphatic heterocycles. The van der Waals surface area contributed by atoms with Crippen LogP contribution in [0.2, 0.25) is 0 Å². The van der Waals surface area contributed by atoms with Crippen molar-refractivity contribution in [1.29, 1.82) is 0 Å². The van der Waals surface area contributed by atoms with E-state index in [-0.39, 0.29) is 63.5 Å². The van der Waals surface area contributed by atoms with Gasteiger partial charge >= 0.3 is 38.7 Å². The molecule has 0 unspecified atom stereocenters. The van der Waals surface area contributed by atoms with Gasteiger partial charge in [-0.2, -0.15) is 8.42 Å². The molecule has 1 aromatic rings. The van der Waals surface area contributed by atoms with Crippen LogP contribution in [0.15, 0.2) is 29.2 Å². The van der Waals surface area contributed by atoms with Crippen molar-refractivity contribution in [2.24, 2.45) is 0 Å². The molecule has 0 atom stereocenters. The molecule has 1 aromatic carbocycles. The van der Waals surface area contributed by atoms with Gasteiger partial charge in [0.25, 0.3) is 0 Å². The summed E-state index contributed by atoms with van der Waals surface area (Å²) < 4.78 is 55.3. The third-order valence-corrected chi connectivity index (χ3v) is 5.65. The normalized spacial score (nSPS) is 11.5. The molecular formula is C10H14N2NaO6S3+. The standard InChI is InChI=1S/C10H14N2O6S3.Na/c1-8(13)12-9-2-4-10(5-3-9)20(14,15)11-6-7-19-21(16,17)18;/h2-5,11H,6-7H2,1H3,(H,12,13)(H,16,17,18);/q;+1. The van der Waals surface area contributed by atoms with Crippen LogP contribution in [0, 0.1) is 0 Å². The second-order valence-corrected chi connectivity index (χ2v) is 9.09. The Kier molecular flexibility index (Phi) is 9.17. The van der Waals surface area contributed by atoms with Crippen LogP contribution in [0.3, 0.4) is 0 Å². The molecule has 0 radical (unpaired) electrons. The van der Waals surface area contributed by atoms with Crippen molar-refractivity contribution in [1.82, 2.24) is 4.72 Å². The second-order valence-electron chi connectivity index (χ2n) is 3.85. The average molecular weight is 377 g/mol. The van der Waals surface area contributed by atoms with E-state index in [1.54, 1.807) is 0 Å². The van der Waals surface area contributed by atoms with Crippen LogP contribution in [0.4, 0.5) is 5.69 Å². The third-order valence-electron chi connectivity index (χ3n) is 2.11. The summed E-state index contributed by atoms with van der Waals surface area (Å²) in [5.74, 6) is -0.395. The minimum atomic E-state index is -4.18. The number of carbonyl (C=O) groups excluding carboxylic acids is 1. The fraction of sp³-hybridized carbons (Fsp3) is 0.300. The predicted molar refractivity (Wildman–Crippen MR) is 79.9 cm³/mol. The number of amides is 1. The zero-order valence-electron chi connectivity index (χ0n) is 11.9. The summed E-state index contributed by atoms with van der Waals surface area (Å²) in [6, 6.07) is 5.48. The summed E-state index contributed by atoms with van der Waals surface area (Å²) in [6.07, 6.45) is 0. The Morgan fingerprint density at radius 2 is 1.73 bits per heavy atom. The minimum Gasteiger partial charge on any atom is -0.326 e. The van der Waals surface area contributed by atoms with E-state index < -0.39 is 19.2 Å². The molecule has 8 nitrogen and oxygen atoms in total. The number of anilines is 1. The molecule has 0 fully saturated rings. The van der Waals surface area contributed by atoms with Gasteiger partial charge < -0.3 is 5.32 Å². The van der Waals surface area contributed by atoms with Gasteiger partial charge in [0.15, 0.2) is 0 Å². The number of hydrogen-bond acceptors (Lipinski definition) is 6. The van der Waals surface area contributed by atoms with E-state index in [9.17, 15) is 21.6 Å². The van der Waals surface area contributed by atoms with Crippen molar-refractivity contribution in [3.8, 4) is 0 Å². The molecule has 0 saturated carbocycles. The van der Waals surface area contributed by atoms with Gasteiger partial charge in [0.05, 0.1) is 4.90 Å². The summed E-state index contributed by atoms with van der Waals surface area (Å²) in [7, 11) is -7.73. The number of rotatable bonds is 7. The maximum Gasteiger partial charge on any atom is 1.00 e. The van der Waals surface area contributed by atoms with Crippen molar-refractivity contribution in [2.45, 2.75) is 11.8 Å². The second kappa shape index (κ2) is 9.23. The summed E-state index contributed by atoms with van der Waals surface area (Å²) in [6.45, 7) is 1.18. The third kappa shape index (κ3) is 8.48. The molecule has 0 aliphatic carbocycles. The van der Waals surface area contributed by atoms with Gasteiger partial charge in [-0.25, -0.2) is 13.1 Å². The smallest absolute Gasteiger partial charge is 0.326 e. The van der Waals surface area contributed by atoms with Crippen molar-refractivity contribution in [3.63, 3.8) is 0 Å². The van der Waals surface area contributed by atoms with E-state index in [4.69, 9.17) is 4.55 Å². The molecule has 1 amide bonds. The fourth-order valence-corrected chi connectivity index (χ4v) is 3.77. The Hall–Kier alpha value is -0.140. The minimum absolute atomic E-state index is 0. The van der Waals surface area contributed by atoms with Crippen LogP contribution in [-0.2, 0) is 24.0 Å². The molecule has 0 aromatic heterocycles. The first-order valence-corrected chi connectivity index (χ1v) is 10.0. The molecular weight excluding hydrogens is 363 g/mol. The van der Waals surface area contributed by atoms with Crippen LogP contribution in [0.25, 0.3) is 0 Å². The van der Waals surface area contributed by atoms with Crippen LogP contribution >= 0.6 is 10.8 Å². The summed E-state index contributed by atoms with van der Waals surface area (Å²) >= 11 is 0. The van der Waals surface area contributed by atoms with Crippen LogP contribution in [-0.4, -0.2) is 39.6 Å². The largest absolute Gasteiger partial charge is 1.00 e. The Morgan fingerprint density at radius 3 is 2.18 bits per heavy atom. The molecule has 0 spiro atoms. The average Bonchev–Trinajstić information content (AvgIpc) is 2.33. The molecule has 0 heterocycles. The van der Waals surface area contributed by atoms with E-state index in [1.807, 2.05) is 0 Å². The van der Waals surface area contributed by atoms with Crippen molar-refractivity contribution < 1.29 is 55.7 Å². The van der Waals surface area contributed by atoms with Gasteiger partial charge in [-0.05, 0) is 35.1 Å². The van der Waals surface area contributed by atoms with E-state index >= 15 is 0 Å². The first-order valence-electron chi connectivity index (χ1n) is 5.59. The maximum atomic E-state index is 11.9. The number of carbonyl (C=O) groups is 1. The zero-order chi connectivity index (χ0) is 16.1. The Balaban J connectivity index is 0.00000441. The summed E-state index contributed by atoms with van der Waals surface area (Å²) in [5.41, 5.74) is 0.461. The van der Waals surface area contributed by atoms with E-state index in [0.717, 1.165) is 0 Å². The number of hydrogen-bond donors (Lipinski definition) is 3. The predicted octanol–water partition coefficient (Wildman–Crippen LogP) is -2.54. The molecule has 118 valence electrons. The van der Waals surface area contributed by atoms with Gasteiger partial charge in [-0.1, -0.05) is 0 Å². The maximum absolute atomic E-state index is 11.9. The van der Waals surface area contributed by atoms with Crippen LogP contribution in [0.5, 0.6) is 0 Å². The van der Waals surface area contributed by atoms with E-state index in [2.05, 4.69) is 10.0 Å². The first kappa shape index (κ1) is 21.9. The Bertz CT molecular complexity index is 703. The number of sulfonamides is 1. The van der Waals surface area contributed by atoms with Gasteiger partial charge in [0.1, 0.15) is 0 Å². The Morgan fingerprint density at radius 1 is 1.18 bits per heavy atom. The molecule has 12 heteroatoms. The molecule has 0 bridgehead atoms. The van der Waals surface area contributed by atoms with E-state index in [1.165, 1.54) is 31.2 Å². The molecule has 0 aliphatic rings. The first-order chi connectivity index (χ1) is 9.60.